The lowest BCUT2D eigenvalue weighted by Gasteiger charge is -2.40. The van der Waals surface area contributed by atoms with Crippen LogP contribution in [0.15, 0.2) is 0 Å². The zero-order chi connectivity index (χ0) is 22.8. The van der Waals surface area contributed by atoms with Gasteiger partial charge in [-0.05, 0) is 19.8 Å². The lowest BCUT2D eigenvalue weighted by molar-refractivity contribution is -0.148. The maximum absolute atomic E-state index is 13.0. The van der Waals surface area contributed by atoms with Crippen molar-refractivity contribution in [3.05, 3.63) is 11.6 Å². The largest absolute Gasteiger partial charge is 0.466 e. The SMILES string of the molecule is CCOC(=O)CC(=O)C1CCN(C(=O)O)C(CN2CCn3c(nnc3C(F)(F)F)C2)C1. The van der Waals surface area contributed by atoms with Gasteiger partial charge in [-0.2, -0.15) is 13.2 Å². The number of esters is 1. The lowest BCUT2D eigenvalue weighted by Crippen LogP contribution is -2.52. The third-order valence-corrected chi connectivity index (χ3v) is 5.60. The maximum Gasteiger partial charge on any atom is 0.451 e. The Bertz CT molecular complexity index is 843. The number of amides is 1. The first-order chi connectivity index (χ1) is 14.6. The van der Waals surface area contributed by atoms with Crippen LogP contribution in [-0.2, 0) is 33.6 Å². The molecule has 0 aliphatic carbocycles. The molecule has 31 heavy (non-hydrogen) atoms. The van der Waals surface area contributed by atoms with Gasteiger partial charge in [0, 0.05) is 38.1 Å². The Morgan fingerprint density at radius 2 is 1.94 bits per heavy atom. The zero-order valence-corrected chi connectivity index (χ0v) is 17.0. The predicted octanol–water partition coefficient (Wildman–Crippen LogP) is 1.39. The summed E-state index contributed by atoms with van der Waals surface area (Å²) in [6.45, 7) is 2.57. The fourth-order valence-electron chi connectivity index (χ4n) is 4.14. The Kier molecular flexibility index (Phi) is 6.82. The van der Waals surface area contributed by atoms with Gasteiger partial charge in [0.15, 0.2) is 0 Å². The molecule has 0 bridgehead atoms. The number of alkyl halides is 3. The molecule has 3 heterocycles. The summed E-state index contributed by atoms with van der Waals surface area (Å²) in [5.74, 6) is -2.26. The van der Waals surface area contributed by atoms with Gasteiger partial charge in [-0.15, -0.1) is 10.2 Å². The molecule has 1 aromatic rings. The number of nitrogens with zero attached hydrogens (tertiary/aromatic N) is 5. The van der Waals surface area contributed by atoms with Crippen molar-refractivity contribution in [2.45, 2.75) is 51.5 Å². The average molecular weight is 447 g/mol. The highest BCUT2D eigenvalue weighted by atomic mass is 19.4. The molecule has 0 saturated carbocycles. The first kappa shape index (κ1) is 23.0. The van der Waals surface area contributed by atoms with Crippen LogP contribution in [-0.4, -0.2) is 79.8 Å². The van der Waals surface area contributed by atoms with Crippen molar-refractivity contribution >= 4 is 17.8 Å². The van der Waals surface area contributed by atoms with Crippen LogP contribution >= 0.6 is 0 Å². The number of ether oxygens (including phenoxy) is 1. The first-order valence-electron chi connectivity index (χ1n) is 9.99. The Morgan fingerprint density at radius 1 is 1.19 bits per heavy atom. The number of Topliss-reactive ketones (excluding diaryl/α,β-unsaturated/α-hetero) is 1. The van der Waals surface area contributed by atoms with Gasteiger partial charge in [-0.1, -0.05) is 0 Å². The van der Waals surface area contributed by atoms with E-state index < -0.39 is 36.0 Å². The van der Waals surface area contributed by atoms with Crippen LogP contribution in [0.5, 0.6) is 0 Å². The molecule has 1 saturated heterocycles. The lowest BCUT2D eigenvalue weighted by atomic mass is 9.86. The van der Waals surface area contributed by atoms with Crippen molar-refractivity contribution < 1.29 is 37.4 Å². The molecule has 172 valence electrons. The normalized spacial score (nSPS) is 22.1. The number of fused-ring (bicyclic) bond motifs is 1. The third kappa shape index (κ3) is 5.32. The number of aromatic nitrogens is 3. The monoisotopic (exact) mass is 447 g/mol. The fraction of sp³-hybridized carbons (Fsp3) is 0.722. The van der Waals surface area contributed by atoms with Crippen molar-refractivity contribution in [3.8, 4) is 0 Å². The van der Waals surface area contributed by atoms with Crippen LogP contribution in [0.4, 0.5) is 18.0 Å². The smallest absolute Gasteiger partial charge is 0.451 e. The van der Waals surface area contributed by atoms with Gasteiger partial charge in [0.2, 0.25) is 5.82 Å². The summed E-state index contributed by atoms with van der Waals surface area (Å²) in [7, 11) is 0. The molecule has 0 aromatic carbocycles. The summed E-state index contributed by atoms with van der Waals surface area (Å²) in [6.07, 6.45) is -5.53. The van der Waals surface area contributed by atoms with E-state index in [2.05, 4.69) is 10.2 Å². The van der Waals surface area contributed by atoms with Crippen LogP contribution in [0.2, 0.25) is 0 Å². The number of ketones is 1. The van der Waals surface area contributed by atoms with E-state index >= 15 is 0 Å². The van der Waals surface area contributed by atoms with Crippen molar-refractivity contribution in [3.63, 3.8) is 0 Å². The molecular formula is C18H24F3N5O5. The number of halogens is 3. The minimum absolute atomic E-state index is 0.0299. The van der Waals surface area contributed by atoms with Gasteiger partial charge in [-0.3, -0.25) is 14.5 Å². The number of rotatable bonds is 6. The second kappa shape index (κ2) is 9.20. The van der Waals surface area contributed by atoms with E-state index in [1.54, 1.807) is 6.92 Å². The maximum atomic E-state index is 13.0. The molecule has 1 N–H and O–H groups in total. The molecule has 0 radical (unpaired) electrons. The third-order valence-electron chi connectivity index (χ3n) is 5.60. The summed E-state index contributed by atoms with van der Waals surface area (Å²) in [4.78, 5) is 38.8. The molecule has 1 fully saturated rings. The van der Waals surface area contributed by atoms with Gasteiger partial charge >= 0.3 is 18.2 Å². The summed E-state index contributed by atoms with van der Waals surface area (Å²) < 4.78 is 44.8. The highest BCUT2D eigenvalue weighted by molar-refractivity contribution is 5.96. The van der Waals surface area contributed by atoms with Crippen LogP contribution < -0.4 is 0 Å². The van der Waals surface area contributed by atoms with Crippen molar-refractivity contribution in [1.82, 2.24) is 24.6 Å². The van der Waals surface area contributed by atoms with Crippen LogP contribution in [0.1, 0.15) is 37.8 Å². The number of hydrogen-bond donors (Lipinski definition) is 1. The standard InChI is InChI=1S/C18H24F3N5O5/c1-2-31-15(28)8-13(27)11-3-4-25(17(29)30)12(7-11)9-24-5-6-26-14(10-24)22-23-16(26)18(19,20)21/h11-12H,2-10H2,1H3,(H,29,30). The quantitative estimate of drug-likeness (QED) is 0.514. The number of carbonyl (C=O) groups is 3. The number of piperidine rings is 1. The zero-order valence-electron chi connectivity index (χ0n) is 17.0. The molecule has 2 atom stereocenters. The van der Waals surface area contributed by atoms with E-state index in [-0.39, 0.29) is 63.8 Å². The minimum Gasteiger partial charge on any atom is -0.466 e. The molecule has 0 spiro atoms. The molecule has 2 aliphatic heterocycles. The Morgan fingerprint density at radius 3 is 2.58 bits per heavy atom. The Labute approximate surface area is 175 Å². The van der Waals surface area contributed by atoms with E-state index in [4.69, 9.17) is 4.74 Å². The fourth-order valence-corrected chi connectivity index (χ4v) is 4.14. The summed E-state index contributed by atoms with van der Waals surface area (Å²) >= 11 is 0. The second-order valence-electron chi connectivity index (χ2n) is 7.62. The number of hydrogen-bond acceptors (Lipinski definition) is 7. The Balaban J connectivity index is 1.66. The van der Waals surface area contributed by atoms with E-state index in [9.17, 15) is 32.7 Å². The summed E-state index contributed by atoms with van der Waals surface area (Å²) in [6, 6.07) is -0.529. The van der Waals surface area contributed by atoms with Crippen molar-refractivity contribution in [2.24, 2.45) is 5.92 Å². The predicted molar refractivity (Wildman–Crippen MR) is 97.8 cm³/mol. The van der Waals surface area contributed by atoms with Crippen molar-refractivity contribution in [1.29, 1.82) is 0 Å². The summed E-state index contributed by atoms with van der Waals surface area (Å²) in [5.41, 5.74) is 0. The number of likely N-dealkylation sites (tertiary alicyclic amines) is 1. The molecule has 10 nitrogen and oxygen atoms in total. The van der Waals surface area contributed by atoms with Gasteiger partial charge < -0.3 is 19.3 Å². The highest BCUT2D eigenvalue weighted by Crippen LogP contribution is 2.30. The first-order valence-corrected chi connectivity index (χ1v) is 9.99. The van der Waals surface area contributed by atoms with Gasteiger partial charge in [-0.25, -0.2) is 4.79 Å². The highest BCUT2D eigenvalue weighted by Gasteiger charge is 2.41. The van der Waals surface area contributed by atoms with Gasteiger partial charge in [0.1, 0.15) is 18.0 Å². The molecular weight excluding hydrogens is 423 g/mol. The van der Waals surface area contributed by atoms with E-state index in [1.807, 2.05) is 4.90 Å². The topological polar surface area (TPSA) is 118 Å². The molecule has 13 heteroatoms. The average Bonchev–Trinajstić information content (AvgIpc) is 3.11. The van der Waals surface area contributed by atoms with Crippen LogP contribution in [0.3, 0.4) is 0 Å². The molecule has 1 aromatic heterocycles. The molecule has 3 rings (SSSR count). The number of carboxylic acid groups (broad SMARTS) is 1. The number of carbonyl (C=O) groups excluding carboxylic acids is 2. The van der Waals surface area contributed by atoms with Gasteiger partial charge in [0.05, 0.1) is 13.2 Å². The molecule has 1 amide bonds. The molecule has 2 aliphatic rings. The van der Waals surface area contributed by atoms with Gasteiger partial charge in [0.25, 0.3) is 0 Å². The van der Waals surface area contributed by atoms with Crippen LogP contribution in [0.25, 0.3) is 0 Å². The second-order valence-corrected chi connectivity index (χ2v) is 7.62. The van der Waals surface area contributed by atoms with Crippen LogP contribution in [0, 0.1) is 5.92 Å². The molecule has 2 unspecified atom stereocenters. The van der Waals surface area contributed by atoms with Crippen molar-refractivity contribution in [2.75, 3.05) is 26.2 Å². The summed E-state index contributed by atoms with van der Waals surface area (Å²) in [5, 5.41) is 16.4. The van der Waals surface area contributed by atoms with E-state index in [1.165, 1.54) is 4.90 Å². The Hall–Kier alpha value is -2.70. The minimum atomic E-state index is -4.59. The van der Waals surface area contributed by atoms with E-state index in [0.717, 1.165) is 4.57 Å². The van der Waals surface area contributed by atoms with E-state index in [0.29, 0.717) is 6.42 Å².